The van der Waals surface area contributed by atoms with Crippen molar-refractivity contribution in [3.8, 4) is 11.3 Å². The highest BCUT2D eigenvalue weighted by molar-refractivity contribution is 7.89. The molecule has 8 nitrogen and oxygen atoms in total. The average Bonchev–Trinajstić information content (AvgIpc) is 3.56. The lowest BCUT2D eigenvalue weighted by Gasteiger charge is -2.21. The van der Waals surface area contributed by atoms with E-state index in [1.165, 1.54) is 30.6 Å². The van der Waals surface area contributed by atoms with Gasteiger partial charge < -0.3 is 4.42 Å². The molecule has 0 spiro atoms. The van der Waals surface area contributed by atoms with E-state index in [0.717, 1.165) is 16.6 Å². The van der Waals surface area contributed by atoms with Crippen molar-refractivity contribution in [2.24, 2.45) is 0 Å². The molecule has 1 atom stereocenters. The first-order valence-corrected chi connectivity index (χ1v) is 13.4. The molecule has 5 rings (SSSR count). The maximum atomic E-state index is 13.3. The number of alkyl halides is 3. The highest BCUT2D eigenvalue weighted by atomic mass is 35.5. The summed E-state index contributed by atoms with van der Waals surface area (Å²) in [6, 6.07) is 7.46. The molecule has 1 fully saturated rings. The second-order valence-corrected chi connectivity index (χ2v) is 11.0. The summed E-state index contributed by atoms with van der Waals surface area (Å²) < 4.78 is 71.8. The third-order valence-corrected chi connectivity index (χ3v) is 8.41. The summed E-state index contributed by atoms with van der Waals surface area (Å²) in [5.41, 5.74) is 0.851. The molecule has 0 saturated carbocycles. The molecule has 0 bridgehead atoms. The molecule has 0 aliphatic carbocycles. The Bertz CT molecular complexity index is 1610. The largest absolute Gasteiger partial charge is 0.443 e. The third-order valence-electron chi connectivity index (χ3n) is 6.34. The smallest absolute Gasteiger partial charge is 0.417 e. The molecule has 1 aliphatic rings. The number of Topliss-reactive ketones (excluding diaryl/α,β-unsaturated/α-hetero) is 1. The minimum Gasteiger partial charge on any atom is -0.443 e. The number of carbonyl (C=O) groups excluding carboxylic acids is 1. The summed E-state index contributed by atoms with van der Waals surface area (Å²) >= 11 is 6.05. The SMILES string of the molecule is O=C(CCc1cc(-c2ccc(C(F)(F)F)cn2)ccn1)[C@@H]1CCCN1S(=O)(=O)c1cc2c(Cl)nccc2o1. The quantitative estimate of drug-likeness (QED) is 0.280. The van der Waals surface area contributed by atoms with Crippen molar-refractivity contribution in [2.75, 3.05) is 6.54 Å². The fraction of sp³-hybridized carbons (Fsp3) is 0.280. The van der Waals surface area contributed by atoms with Crippen LogP contribution in [0.4, 0.5) is 13.2 Å². The molecule has 1 saturated heterocycles. The molecule has 198 valence electrons. The lowest BCUT2D eigenvalue weighted by molar-refractivity contribution is -0.137. The van der Waals surface area contributed by atoms with E-state index in [-0.39, 0.29) is 41.0 Å². The van der Waals surface area contributed by atoms with Gasteiger partial charge in [-0.05, 0) is 49.6 Å². The van der Waals surface area contributed by atoms with Gasteiger partial charge in [-0.1, -0.05) is 11.6 Å². The molecule has 38 heavy (non-hydrogen) atoms. The van der Waals surface area contributed by atoms with Crippen molar-refractivity contribution in [3.63, 3.8) is 0 Å². The molecule has 4 aromatic heterocycles. The summed E-state index contributed by atoms with van der Waals surface area (Å²) in [5, 5.41) is 0.173. The van der Waals surface area contributed by atoms with Gasteiger partial charge in [-0.3, -0.25) is 14.8 Å². The van der Waals surface area contributed by atoms with Crippen molar-refractivity contribution in [1.29, 1.82) is 0 Å². The van der Waals surface area contributed by atoms with Crippen LogP contribution in [-0.4, -0.2) is 46.0 Å². The molecular weight excluding hydrogens is 545 g/mol. The number of furan rings is 1. The molecule has 0 unspecified atom stereocenters. The van der Waals surface area contributed by atoms with Gasteiger partial charge >= 0.3 is 6.18 Å². The van der Waals surface area contributed by atoms with Gasteiger partial charge in [-0.25, -0.2) is 13.4 Å². The van der Waals surface area contributed by atoms with Crippen LogP contribution in [0, 0.1) is 0 Å². The van der Waals surface area contributed by atoms with E-state index in [2.05, 4.69) is 15.0 Å². The summed E-state index contributed by atoms with van der Waals surface area (Å²) in [4.78, 5) is 25.2. The summed E-state index contributed by atoms with van der Waals surface area (Å²) in [6.07, 6.45) is 0.333. The van der Waals surface area contributed by atoms with Crippen LogP contribution in [-0.2, 0) is 27.4 Å². The molecular formula is C25H20ClF3N4O4S. The summed E-state index contributed by atoms with van der Waals surface area (Å²) in [7, 11) is -4.10. The molecule has 0 aromatic carbocycles. The van der Waals surface area contributed by atoms with Crippen LogP contribution in [0.1, 0.15) is 30.5 Å². The van der Waals surface area contributed by atoms with Gasteiger partial charge in [0.15, 0.2) is 5.78 Å². The number of fused-ring (bicyclic) bond motifs is 1. The predicted octanol–water partition coefficient (Wildman–Crippen LogP) is 5.31. The van der Waals surface area contributed by atoms with Crippen molar-refractivity contribution in [1.82, 2.24) is 19.3 Å². The number of pyridine rings is 3. The zero-order valence-electron chi connectivity index (χ0n) is 19.7. The van der Waals surface area contributed by atoms with Crippen molar-refractivity contribution < 1.29 is 30.8 Å². The van der Waals surface area contributed by atoms with Crippen molar-refractivity contribution >= 4 is 38.4 Å². The minimum absolute atomic E-state index is 0.0312. The molecule has 0 radical (unpaired) electrons. The normalized spacial score (nSPS) is 16.8. The second kappa shape index (κ2) is 10.1. The topological polar surface area (TPSA) is 106 Å². The third kappa shape index (κ3) is 5.16. The van der Waals surface area contributed by atoms with Crippen LogP contribution in [0.15, 0.2) is 64.5 Å². The number of halogens is 4. The molecule has 0 N–H and O–H groups in total. The number of aryl methyl sites for hydroxylation is 1. The zero-order valence-corrected chi connectivity index (χ0v) is 21.2. The molecule has 5 heterocycles. The maximum Gasteiger partial charge on any atom is 0.417 e. The first-order valence-electron chi connectivity index (χ1n) is 11.6. The van der Waals surface area contributed by atoms with Gasteiger partial charge in [0.2, 0.25) is 5.09 Å². The maximum absolute atomic E-state index is 13.3. The Balaban J connectivity index is 1.29. The first kappa shape index (κ1) is 26.3. The number of hydrogen-bond donors (Lipinski definition) is 0. The predicted molar refractivity (Wildman–Crippen MR) is 132 cm³/mol. The van der Waals surface area contributed by atoms with E-state index < -0.39 is 27.8 Å². The van der Waals surface area contributed by atoms with Gasteiger partial charge in [-0.15, -0.1) is 0 Å². The number of ketones is 1. The van der Waals surface area contributed by atoms with E-state index in [1.807, 2.05) is 0 Å². The van der Waals surface area contributed by atoms with Gasteiger partial charge in [0, 0.05) is 48.9 Å². The van der Waals surface area contributed by atoms with E-state index >= 15 is 0 Å². The Morgan fingerprint density at radius 3 is 2.61 bits per heavy atom. The van der Waals surface area contributed by atoms with Crippen molar-refractivity contribution in [3.05, 3.63) is 71.4 Å². The molecule has 13 heteroatoms. The number of rotatable bonds is 7. The van der Waals surface area contributed by atoms with Crippen molar-refractivity contribution in [2.45, 2.75) is 43.0 Å². The van der Waals surface area contributed by atoms with E-state index in [4.69, 9.17) is 16.0 Å². The highest BCUT2D eigenvalue weighted by Gasteiger charge is 2.40. The first-order chi connectivity index (χ1) is 18.0. The Morgan fingerprint density at radius 2 is 1.89 bits per heavy atom. The lowest BCUT2D eigenvalue weighted by Crippen LogP contribution is -2.40. The van der Waals surface area contributed by atoms with Crippen LogP contribution >= 0.6 is 11.6 Å². The summed E-state index contributed by atoms with van der Waals surface area (Å²) in [5.74, 6) is -0.262. The number of sulfonamides is 1. The molecule has 1 aliphatic heterocycles. The fourth-order valence-electron chi connectivity index (χ4n) is 4.42. The second-order valence-electron chi connectivity index (χ2n) is 8.78. The van der Waals surface area contributed by atoms with E-state index in [9.17, 15) is 26.4 Å². The van der Waals surface area contributed by atoms with Gasteiger partial charge in [0.1, 0.15) is 10.7 Å². The standard InChI is InChI=1S/C25H20ClF3N4O4S/c26-24-18-13-23(37-22(18)8-10-31-24)38(35,36)33-11-1-2-20(33)21(34)6-4-17-12-15(7-9-30-17)19-5-3-16(14-32-19)25(27,28)29/h3,5,7-10,12-14,20H,1-2,4,6,11H2/t20-/m0/s1. The molecule has 0 amide bonds. The minimum atomic E-state index is -4.48. The van der Waals surface area contributed by atoms with Gasteiger partial charge in [0.05, 0.1) is 22.7 Å². The Morgan fingerprint density at radius 1 is 1.11 bits per heavy atom. The van der Waals surface area contributed by atoms with Gasteiger partial charge in [0.25, 0.3) is 10.0 Å². The zero-order chi connectivity index (χ0) is 27.1. The average molecular weight is 565 g/mol. The number of carbonyl (C=O) groups is 1. The van der Waals surface area contributed by atoms with E-state index in [1.54, 1.807) is 12.1 Å². The highest BCUT2D eigenvalue weighted by Crippen LogP contribution is 2.33. The van der Waals surface area contributed by atoms with Crippen LogP contribution in [0.25, 0.3) is 22.2 Å². The number of hydrogen-bond acceptors (Lipinski definition) is 7. The monoisotopic (exact) mass is 564 g/mol. The van der Waals surface area contributed by atoms with Crippen LogP contribution in [0.3, 0.4) is 0 Å². The van der Waals surface area contributed by atoms with Crippen LogP contribution < -0.4 is 0 Å². The molecule has 4 aromatic rings. The number of nitrogens with zero attached hydrogens (tertiary/aromatic N) is 4. The Hall–Kier alpha value is -3.35. The lowest BCUT2D eigenvalue weighted by atomic mass is 10.0. The van der Waals surface area contributed by atoms with Gasteiger partial charge in [-0.2, -0.15) is 17.5 Å². The van der Waals surface area contributed by atoms with Crippen LogP contribution in [0.5, 0.6) is 0 Å². The summed E-state index contributed by atoms with van der Waals surface area (Å²) in [6.45, 7) is 0.176. The fourth-order valence-corrected chi connectivity index (χ4v) is 6.25. The van der Waals surface area contributed by atoms with Crippen LogP contribution in [0.2, 0.25) is 5.15 Å². The Labute approximate surface area is 220 Å². The van der Waals surface area contributed by atoms with E-state index in [0.29, 0.717) is 35.2 Å². The number of aromatic nitrogens is 3. The Kier molecular flexibility index (Phi) is 6.97.